The van der Waals surface area contributed by atoms with Crippen LogP contribution >= 0.6 is 0 Å². The number of esters is 1. The average Bonchev–Trinajstić information content (AvgIpc) is 2.97. The predicted octanol–water partition coefficient (Wildman–Crippen LogP) is 2.17. The second-order valence-electron chi connectivity index (χ2n) is 8.83. The third-order valence-corrected chi connectivity index (χ3v) is 8.19. The third-order valence-electron chi connectivity index (χ3n) is 7.40. The van der Waals surface area contributed by atoms with Gasteiger partial charge in [0, 0.05) is 5.41 Å². The van der Waals surface area contributed by atoms with Crippen molar-refractivity contribution in [3.63, 3.8) is 0 Å². The zero-order chi connectivity index (χ0) is 19.0. The number of carbonyl (C=O) groups is 1. The Morgan fingerprint density at radius 3 is 2.15 bits per heavy atom. The van der Waals surface area contributed by atoms with Crippen molar-refractivity contribution in [3.8, 4) is 0 Å². The average molecular weight is 393 g/mol. The van der Waals surface area contributed by atoms with Crippen LogP contribution in [0, 0.1) is 23.2 Å². The molecule has 2 atom stereocenters. The highest BCUT2D eigenvalue weighted by Crippen LogP contribution is 2.66. The Morgan fingerprint density at radius 1 is 1.12 bits per heavy atom. The number of aliphatic hydroxyl groups is 1. The van der Waals surface area contributed by atoms with Gasteiger partial charge in [0.05, 0.1) is 5.60 Å². The van der Waals surface area contributed by atoms with E-state index in [4.69, 9.17) is 4.74 Å². The van der Waals surface area contributed by atoms with E-state index in [0.29, 0.717) is 18.8 Å². The maximum absolute atomic E-state index is 13.5. The first-order valence-electron chi connectivity index (χ1n) is 9.24. The molecule has 0 amide bonds. The summed E-state index contributed by atoms with van der Waals surface area (Å²) in [4.78, 5) is 11.7. The topological polar surface area (TPSA) is 104 Å². The Bertz CT molecular complexity index is 699. The fraction of sp³-hybridized carbons (Fsp3) is 0.941. The van der Waals surface area contributed by atoms with Crippen molar-refractivity contribution in [3.05, 3.63) is 0 Å². The summed E-state index contributed by atoms with van der Waals surface area (Å²) in [6.07, 6.45) is 6.21. The third kappa shape index (κ3) is 2.53. The maximum Gasteiger partial charge on any atom is 0.428 e. The Balaban J connectivity index is 1.55. The summed E-state index contributed by atoms with van der Waals surface area (Å²) >= 11 is 0. The van der Waals surface area contributed by atoms with Crippen LogP contribution in [0.5, 0.6) is 0 Å². The Kier molecular flexibility index (Phi) is 4.00. The van der Waals surface area contributed by atoms with E-state index in [-0.39, 0.29) is 17.3 Å². The highest BCUT2D eigenvalue weighted by molar-refractivity contribution is 7.87. The lowest BCUT2D eigenvalue weighted by molar-refractivity contribution is -0.225. The summed E-state index contributed by atoms with van der Waals surface area (Å²) in [5, 5.41) is 6.15. The molecular weight excluding hydrogens is 370 g/mol. The number of carbonyl (C=O) groups excluding carboxylic acids is 1. The summed E-state index contributed by atoms with van der Waals surface area (Å²) in [7, 11) is -6.11. The van der Waals surface area contributed by atoms with E-state index < -0.39 is 33.0 Å². The molecule has 4 bridgehead atoms. The Hall–Kier alpha value is -0.800. The van der Waals surface area contributed by atoms with E-state index in [1.54, 1.807) is 0 Å². The van der Waals surface area contributed by atoms with Gasteiger partial charge in [0.1, 0.15) is 6.10 Å². The van der Waals surface area contributed by atoms with Crippen molar-refractivity contribution in [1.82, 2.24) is 0 Å². The van der Waals surface area contributed by atoms with Crippen LogP contribution < -0.4 is 0 Å². The van der Waals surface area contributed by atoms with Crippen LogP contribution in [0.2, 0.25) is 0 Å². The molecule has 0 aromatic heterocycles. The van der Waals surface area contributed by atoms with Gasteiger partial charge in [0.25, 0.3) is 0 Å². The monoisotopic (exact) mass is 393 g/mol. The first-order chi connectivity index (χ1) is 12.0. The summed E-state index contributed by atoms with van der Waals surface area (Å²) in [6, 6.07) is 0. The Morgan fingerprint density at radius 2 is 1.65 bits per heavy atom. The van der Waals surface area contributed by atoms with Gasteiger partial charge in [0.2, 0.25) is 0 Å². The van der Waals surface area contributed by atoms with Crippen LogP contribution in [0.1, 0.15) is 57.8 Å². The SMILES string of the molecule is O=C(OC1C2CC3CC1CC(C1(O)CCCC1)(C3)C2)C(F)(F)S(=O)(=O)[O-]. The smallest absolute Gasteiger partial charge is 0.428 e. The second-order valence-corrected chi connectivity index (χ2v) is 10.3. The minimum atomic E-state index is -6.11. The maximum atomic E-state index is 13.5. The molecule has 5 rings (SSSR count). The number of hydrogen-bond donors (Lipinski definition) is 1. The lowest BCUT2D eigenvalue weighted by Crippen LogP contribution is -2.62. The van der Waals surface area contributed by atoms with Crippen LogP contribution in [0.25, 0.3) is 0 Å². The van der Waals surface area contributed by atoms with Crippen LogP contribution in [0.15, 0.2) is 0 Å². The molecule has 0 radical (unpaired) electrons. The number of ether oxygens (including phenoxy) is 1. The molecule has 2 unspecified atom stereocenters. The van der Waals surface area contributed by atoms with Gasteiger partial charge in [-0.3, -0.25) is 0 Å². The minimum absolute atomic E-state index is 0.167. The Labute approximate surface area is 151 Å². The van der Waals surface area contributed by atoms with Crippen LogP contribution in [-0.4, -0.2) is 41.0 Å². The molecule has 0 heterocycles. The molecular formula is C17H23F2O6S-. The second kappa shape index (κ2) is 5.61. The molecule has 0 spiro atoms. The lowest BCUT2D eigenvalue weighted by Gasteiger charge is -2.63. The molecule has 0 aliphatic heterocycles. The van der Waals surface area contributed by atoms with Crippen LogP contribution in [-0.2, 0) is 19.6 Å². The van der Waals surface area contributed by atoms with Crippen LogP contribution in [0.4, 0.5) is 8.78 Å². The molecule has 9 heteroatoms. The van der Waals surface area contributed by atoms with Gasteiger partial charge in [-0.05, 0) is 62.7 Å². The minimum Gasteiger partial charge on any atom is -0.743 e. The van der Waals surface area contributed by atoms with Gasteiger partial charge in [-0.1, -0.05) is 12.8 Å². The number of halogens is 2. The molecule has 5 aliphatic rings. The van der Waals surface area contributed by atoms with Gasteiger partial charge in [-0.25, -0.2) is 13.2 Å². The fourth-order valence-electron chi connectivity index (χ4n) is 6.52. The van der Waals surface area contributed by atoms with Crippen molar-refractivity contribution < 1.29 is 36.4 Å². The molecule has 5 saturated carbocycles. The van der Waals surface area contributed by atoms with Crippen molar-refractivity contribution in [2.45, 2.75) is 74.7 Å². The van der Waals surface area contributed by atoms with Gasteiger partial charge < -0.3 is 14.4 Å². The predicted molar refractivity (Wildman–Crippen MR) is 83.9 cm³/mol. The lowest BCUT2D eigenvalue weighted by atomic mass is 9.44. The number of hydrogen-bond acceptors (Lipinski definition) is 6. The van der Waals surface area contributed by atoms with Gasteiger partial charge in [0.15, 0.2) is 10.1 Å². The normalized spacial score (nSPS) is 41.4. The van der Waals surface area contributed by atoms with Gasteiger partial charge >= 0.3 is 11.2 Å². The van der Waals surface area contributed by atoms with E-state index in [1.807, 2.05) is 0 Å². The zero-order valence-corrected chi connectivity index (χ0v) is 15.1. The van der Waals surface area contributed by atoms with Crippen molar-refractivity contribution in [1.29, 1.82) is 0 Å². The van der Waals surface area contributed by atoms with Crippen LogP contribution in [0.3, 0.4) is 0 Å². The fourth-order valence-corrected chi connectivity index (χ4v) is 6.78. The summed E-state index contributed by atoms with van der Waals surface area (Å²) < 4.78 is 63.9. The van der Waals surface area contributed by atoms with Crippen molar-refractivity contribution >= 4 is 16.1 Å². The summed E-state index contributed by atoms with van der Waals surface area (Å²) in [5.41, 5.74) is -0.990. The molecule has 0 aromatic rings. The molecule has 0 aromatic carbocycles. The van der Waals surface area contributed by atoms with E-state index >= 15 is 0 Å². The standard InChI is InChI=1S/C17H24F2O6S/c18-17(19,26(22,23)24)14(20)25-13-11-5-10-6-12(13)9-15(7-10,8-11)16(21)3-1-2-4-16/h10-13,21H,1-9H2,(H,22,23,24)/p-1. The first-order valence-corrected chi connectivity index (χ1v) is 10.7. The quantitative estimate of drug-likeness (QED) is 0.580. The van der Waals surface area contributed by atoms with Gasteiger partial charge in [-0.2, -0.15) is 8.78 Å². The molecule has 148 valence electrons. The molecule has 5 aliphatic carbocycles. The highest BCUT2D eigenvalue weighted by atomic mass is 32.2. The number of alkyl halides is 2. The van der Waals surface area contributed by atoms with E-state index in [1.165, 1.54) is 0 Å². The van der Waals surface area contributed by atoms with E-state index in [2.05, 4.69) is 0 Å². The zero-order valence-electron chi connectivity index (χ0n) is 14.3. The molecule has 26 heavy (non-hydrogen) atoms. The number of rotatable bonds is 4. The van der Waals surface area contributed by atoms with Gasteiger partial charge in [-0.15, -0.1) is 0 Å². The highest BCUT2D eigenvalue weighted by Gasteiger charge is 2.64. The molecule has 6 nitrogen and oxygen atoms in total. The summed E-state index contributed by atoms with van der Waals surface area (Å²) in [6.45, 7) is 0. The summed E-state index contributed by atoms with van der Waals surface area (Å²) in [5.74, 6) is -2.23. The molecule has 0 saturated heterocycles. The van der Waals surface area contributed by atoms with Crippen molar-refractivity contribution in [2.75, 3.05) is 0 Å². The molecule has 5 fully saturated rings. The van der Waals surface area contributed by atoms with Crippen molar-refractivity contribution in [2.24, 2.45) is 23.2 Å². The van der Waals surface area contributed by atoms with E-state index in [9.17, 15) is 31.7 Å². The van der Waals surface area contributed by atoms with E-state index in [0.717, 1.165) is 44.9 Å². The first kappa shape index (κ1) is 18.6. The largest absolute Gasteiger partial charge is 0.743 e. The molecule has 1 N–H and O–H groups in total.